The maximum Gasteiger partial charge on any atom is 0.314 e. The van der Waals surface area contributed by atoms with Gasteiger partial charge in [-0.05, 0) is 6.92 Å². The molecule has 0 aromatic carbocycles. The van der Waals surface area contributed by atoms with Crippen LogP contribution in [0.2, 0.25) is 0 Å². The first-order valence-electron chi connectivity index (χ1n) is 2.42. The number of Topliss-reactive ketones (excluding diaryl/α,β-unsaturated/α-hetero) is 1. The van der Waals surface area contributed by atoms with E-state index in [0.717, 1.165) is 0 Å². The highest BCUT2D eigenvalue weighted by atomic mass is 32.1. The maximum atomic E-state index is 10.4. The number of hydrogen-bond donors (Lipinski definition) is 1. The Morgan fingerprint density at radius 2 is 2.11 bits per heavy atom. The lowest BCUT2D eigenvalue weighted by atomic mass is 10.3. The number of carbonyl (C=O) groups is 2. The van der Waals surface area contributed by atoms with Crippen molar-refractivity contribution in [3.63, 3.8) is 0 Å². The molecule has 9 heavy (non-hydrogen) atoms. The van der Waals surface area contributed by atoms with E-state index >= 15 is 0 Å². The Bertz CT molecular complexity index is 121. The van der Waals surface area contributed by atoms with Gasteiger partial charge >= 0.3 is 5.97 Å². The zero-order valence-electron chi connectivity index (χ0n) is 5.09. The molecule has 3 nitrogen and oxygen atoms in total. The molecule has 0 saturated heterocycles. The van der Waals surface area contributed by atoms with Crippen molar-refractivity contribution in [3.8, 4) is 0 Å². The first kappa shape index (κ1) is 8.49. The van der Waals surface area contributed by atoms with E-state index in [4.69, 9.17) is 0 Å². The van der Waals surface area contributed by atoms with Gasteiger partial charge in [0.1, 0.15) is 18.1 Å². The Morgan fingerprint density at radius 1 is 1.56 bits per heavy atom. The molecule has 0 spiro atoms. The van der Waals surface area contributed by atoms with Crippen LogP contribution in [-0.2, 0) is 14.3 Å². The van der Waals surface area contributed by atoms with Crippen molar-refractivity contribution in [3.05, 3.63) is 0 Å². The molecule has 0 saturated carbocycles. The molecule has 0 fully saturated rings. The van der Waals surface area contributed by atoms with Crippen molar-refractivity contribution in [2.45, 2.75) is 13.3 Å². The van der Waals surface area contributed by atoms with Crippen molar-refractivity contribution in [2.24, 2.45) is 0 Å². The molecular weight excluding hydrogens is 140 g/mol. The van der Waals surface area contributed by atoms with Crippen molar-refractivity contribution in [2.75, 3.05) is 5.94 Å². The Kier molecular flexibility index (Phi) is 4.13. The van der Waals surface area contributed by atoms with Crippen molar-refractivity contribution < 1.29 is 14.3 Å². The predicted octanol–water partition coefficient (Wildman–Crippen LogP) is 0.396. The summed E-state index contributed by atoms with van der Waals surface area (Å²) in [5.74, 6) is -0.675. The van der Waals surface area contributed by atoms with Crippen LogP contribution in [-0.4, -0.2) is 17.7 Å². The second-order valence-electron chi connectivity index (χ2n) is 1.52. The van der Waals surface area contributed by atoms with E-state index in [-0.39, 0.29) is 18.1 Å². The van der Waals surface area contributed by atoms with Gasteiger partial charge in [-0.2, -0.15) is 0 Å². The van der Waals surface area contributed by atoms with E-state index in [1.54, 1.807) is 0 Å². The van der Waals surface area contributed by atoms with Crippen LogP contribution in [0.3, 0.4) is 0 Å². The maximum absolute atomic E-state index is 10.4. The summed E-state index contributed by atoms with van der Waals surface area (Å²) < 4.78 is 4.36. The summed E-state index contributed by atoms with van der Waals surface area (Å²) in [6.07, 6.45) is -0.152. The van der Waals surface area contributed by atoms with Gasteiger partial charge in [-0.15, -0.1) is 12.6 Å². The van der Waals surface area contributed by atoms with Gasteiger partial charge in [0, 0.05) is 0 Å². The second-order valence-corrected chi connectivity index (χ2v) is 1.78. The van der Waals surface area contributed by atoms with E-state index in [9.17, 15) is 9.59 Å². The first-order chi connectivity index (χ1) is 4.16. The molecule has 0 radical (unpaired) electrons. The molecule has 0 rings (SSSR count). The van der Waals surface area contributed by atoms with Crippen molar-refractivity contribution >= 4 is 24.4 Å². The van der Waals surface area contributed by atoms with E-state index < -0.39 is 5.97 Å². The smallest absolute Gasteiger partial charge is 0.314 e. The van der Waals surface area contributed by atoms with Crippen LogP contribution in [0.5, 0.6) is 0 Å². The van der Waals surface area contributed by atoms with Gasteiger partial charge in [-0.3, -0.25) is 9.59 Å². The normalized spacial score (nSPS) is 8.67. The Hall–Kier alpha value is -0.510. The molecule has 0 atom stereocenters. The third-order valence-corrected chi connectivity index (χ3v) is 0.748. The van der Waals surface area contributed by atoms with E-state index in [2.05, 4.69) is 17.4 Å². The minimum absolute atomic E-state index is 0.0338. The molecule has 0 unspecified atom stereocenters. The largest absolute Gasteiger partial charge is 0.455 e. The summed E-state index contributed by atoms with van der Waals surface area (Å²) >= 11 is 3.63. The predicted molar refractivity (Wildman–Crippen MR) is 35.2 cm³/mol. The van der Waals surface area contributed by atoms with Gasteiger partial charge in [0.15, 0.2) is 0 Å². The van der Waals surface area contributed by atoms with Crippen LogP contribution in [0.1, 0.15) is 13.3 Å². The third kappa shape index (κ3) is 5.36. The fraction of sp³-hybridized carbons (Fsp3) is 0.600. The summed E-state index contributed by atoms with van der Waals surface area (Å²) in [7, 11) is 0. The zero-order valence-corrected chi connectivity index (χ0v) is 5.98. The highest BCUT2D eigenvalue weighted by molar-refractivity contribution is 7.80. The van der Waals surface area contributed by atoms with Crippen LogP contribution in [0.15, 0.2) is 0 Å². The van der Waals surface area contributed by atoms with Crippen molar-refractivity contribution in [1.29, 1.82) is 0 Å². The van der Waals surface area contributed by atoms with Crippen LogP contribution >= 0.6 is 12.6 Å². The number of hydrogen-bond acceptors (Lipinski definition) is 4. The fourth-order valence-corrected chi connectivity index (χ4v) is 0.470. The first-order valence-corrected chi connectivity index (χ1v) is 3.06. The molecule has 0 aliphatic heterocycles. The molecule has 52 valence electrons. The quantitative estimate of drug-likeness (QED) is 0.272. The average Bonchev–Trinajstić information content (AvgIpc) is 1.63. The van der Waals surface area contributed by atoms with Crippen molar-refractivity contribution in [1.82, 2.24) is 0 Å². The van der Waals surface area contributed by atoms with Gasteiger partial charge in [-0.25, -0.2) is 0 Å². The number of thiol groups is 1. The van der Waals surface area contributed by atoms with Crippen LogP contribution in [0.4, 0.5) is 0 Å². The van der Waals surface area contributed by atoms with Gasteiger partial charge in [0.25, 0.3) is 0 Å². The van der Waals surface area contributed by atoms with E-state index in [0.29, 0.717) is 0 Å². The molecule has 0 N–H and O–H groups in total. The minimum Gasteiger partial charge on any atom is -0.455 e. The lowest BCUT2D eigenvalue weighted by Gasteiger charge is -1.95. The zero-order chi connectivity index (χ0) is 7.28. The van der Waals surface area contributed by atoms with Gasteiger partial charge in [-0.1, -0.05) is 0 Å². The highest BCUT2D eigenvalue weighted by Crippen LogP contribution is 1.88. The third-order valence-electron chi connectivity index (χ3n) is 0.619. The second kappa shape index (κ2) is 4.38. The van der Waals surface area contributed by atoms with Gasteiger partial charge in [0.05, 0.1) is 0 Å². The molecule has 4 heteroatoms. The minimum atomic E-state index is -0.516. The molecule has 0 amide bonds. The Labute approximate surface area is 58.8 Å². The molecule has 0 heterocycles. The summed E-state index contributed by atoms with van der Waals surface area (Å²) in [6, 6.07) is 0. The lowest BCUT2D eigenvalue weighted by Crippen LogP contribution is -2.07. The molecule has 0 aromatic rings. The number of carbonyl (C=O) groups excluding carboxylic acids is 2. The Balaban J connectivity index is 3.39. The number of ether oxygens (including phenoxy) is 1. The Morgan fingerprint density at radius 3 is 2.44 bits per heavy atom. The van der Waals surface area contributed by atoms with Gasteiger partial charge in [0.2, 0.25) is 0 Å². The fourth-order valence-electron chi connectivity index (χ4n) is 0.326. The topological polar surface area (TPSA) is 43.4 Å². The number of esters is 1. The number of rotatable bonds is 3. The summed E-state index contributed by atoms with van der Waals surface area (Å²) in [5, 5.41) is 0. The monoisotopic (exact) mass is 148 g/mol. The highest BCUT2D eigenvalue weighted by Gasteiger charge is 2.03. The average molecular weight is 148 g/mol. The van der Waals surface area contributed by atoms with Crippen LogP contribution in [0, 0.1) is 0 Å². The molecule has 0 bridgehead atoms. The van der Waals surface area contributed by atoms with Crippen LogP contribution < -0.4 is 0 Å². The van der Waals surface area contributed by atoms with E-state index in [1.165, 1.54) is 6.92 Å². The van der Waals surface area contributed by atoms with Crippen LogP contribution in [0.25, 0.3) is 0 Å². The molecule has 0 aliphatic rings. The van der Waals surface area contributed by atoms with E-state index in [1.807, 2.05) is 0 Å². The standard InChI is InChI=1S/C5H8O3S/c1-4(6)2-5(7)8-3-9/h9H,2-3H2,1H3. The number of ketones is 1. The molecule has 0 aliphatic carbocycles. The summed E-state index contributed by atoms with van der Waals surface area (Å²) in [4.78, 5) is 20.6. The van der Waals surface area contributed by atoms with Gasteiger partial charge < -0.3 is 4.74 Å². The molecule has 0 aromatic heterocycles. The SMILES string of the molecule is CC(=O)CC(=O)OCS. The molecular formula is C5H8O3S. The summed E-state index contributed by atoms with van der Waals surface area (Å²) in [5.41, 5.74) is 0. The summed E-state index contributed by atoms with van der Waals surface area (Å²) in [6.45, 7) is 1.33. The lowest BCUT2D eigenvalue weighted by molar-refractivity contribution is -0.143.